The Kier molecular flexibility index (Phi) is 7.47. The van der Waals surface area contributed by atoms with Crippen LogP contribution in [0, 0.1) is 0 Å². The number of allylic oxidation sites excluding steroid dienone is 2. The van der Waals surface area contributed by atoms with Crippen molar-refractivity contribution in [3.63, 3.8) is 0 Å². The van der Waals surface area contributed by atoms with Crippen LogP contribution in [0.2, 0.25) is 5.02 Å². The van der Waals surface area contributed by atoms with Gasteiger partial charge in [0.05, 0.1) is 35.6 Å². The minimum atomic E-state index is -0.717. The number of benzene rings is 2. The number of esters is 1. The number of carbonyl (C=O) groups excluding carboxylic acids is 1. The smallest absolute Gasteiger partial charge is 0.338 e. The van der Waals surface area contributed by atoms with Crippen molar-refractivity contribution >= 4 is 35.0 Å². The fourth-order valence-corrected chi connectivity index (χ4v) is 5.32. The lowest BCUT2D eigenvalue weighted by atomic mass is 9.96. The molecule has 1 aliphatic heterocycles. The summed E-state index contributed by atoms with van der Waals surface area (Å²) in [5.41, 5.74) is 2.51. The molecule has 0 saturated heterocycles. The van der Waals surface area contributed by atoms with Crippen molar-refractivity contribution in [2.75, 3.05) is 13.7 Å². The maximum atomic E-state index is 13.7. The lowest BCUT2D eigenvalue weighted by molar-refractivity contribution is -0.139. The first-order valence-electron chi connectivity index (χ1n) is 11.2. The molecule has 0 radical (unpaired) electrons. The first-order chi connectivity index (χ1) is 17.3. The number of halogens is 1. The summed E-state index contributed by atoms with van der Waals surface area (Å²) in [6, 6.07) is 9.73. The molecule has 1 N–H and O–H groups in total. The summed E-state index contributed by atoms with van der Waals surface area (Å²) in [7, 11) is 1.47. The van der Waals surface area contributed by atoms with Crippen LogP contribution < -0.4 is 19.6 Å². The van der Waals surface area contributed by atoms with Crippen molar-refractivity contribution in [2.24, 2.45) is 4.99 Å². The second-order valence-electron chi connectivity index (χ2n) is 8.08. The molecule has 3 aromatic rings. The Hall–Kier alpha value is -3.62. The van der Waals surface area contributed by atoms with Gasteiger partial charge in [-0.15, -0.1) is 6.58 Å². The highest BCUT2D eigenvalue weighted by atomic mass is 35.5. The van der Waals surface area contributed by atoms with Crippen LogP contribution in [0.3, 0.4) is 0 Å². The van der Waals surface area contributed by atoms with Gasteiger partial charge in [0, 0.05) is 10.6 Å². The number of phenols is 1. The SMILES string of the molecule is C=CCc1cc(C=c2sc3n(c2=O)C(c2ccc(Cl)cc2)C(C(=O)OCC)=C(C)N=3)cc(OC)c1O. The van der Waals surface area contributed by atoms with E-state index >= 15 is 0 Å². The number of rotatable bonds is 7. The predicted molar refractivity (Wildman–Crippen MR) is 140 cm³/mol. The number of methoxy groups -OCH3 is 1. The van der Waals surface area contributed by atoms with E-state index in [1.54, 1.807) is 62.4 Å². The quantitative estimate of drug-likeness (QED) is 0.374. The first kappa shape index (κ1) is 25.5. The molecule has 0 aliphatic carbocycles. The Labute approximate surface area is 216 Å². The summed E-state index contributed by atoms with van der Waals surface area (Å²) >= 11 is 7.32. The van der Waals surface area contributed by atoms with E-state index < -0.39 is 12.0 Å². The van der Waals surface area contributed by atoms with Crippen LogP contribution in [0.5, 0.6) is 11.5 Å². The van der Waals surface area contributed by atoms with E-state index in [9.17, 15) is 14.7 Å². The monoisotopic (exact) mass is 524 g/mol. The first-order valence-corrected chi connectivity index (χ1v) is 12.4. The predicted octanol–water partition coefficient (Wildman–Crippen LogP) is 3.89. The number of aromatic nitrogens is 1. The van der Waals surface area contributed by atoms with E-state index in [0.29, 0.717) is 54.5 Å². The number of carbonyl (C=O) groups is 1. The molecule has 1 unspecified atom stereocenters. The number of aromatic hydroxyl groups is 1. The van der Waals surface area contributed by atoms with Crippen LogP contribution in [0.1, 0.15) is 36.6 Å². The van der Waals surface area contributed by atoms with Crippen molar-refractivity contribution in [3.05, 3.63) is 102 Å². The van der Waals surface area contributed by atoms with Gasteiger partial charge in [0.25, 0.3) is 5.56 Å². The fourth-order valence-electron chi connectivity index (χ4n) is 4.14. The molecule has 0 fully saturated rings. The van der Waals surface area contributed by atoms with Gasteiger partial charge >= 0.3 is 5.97 Å². The molecule has 1 aliphatic rings. The zero-order valence-electron chi connectivity index (χ0n) is 20.1. The van der Waals surface area contributed by atoms with Crippen LogP contribution in [0.25, 0.3) is 6.08 Å². The second kappa shape index (κ2) is 10.6. The summed E-state index contributed by atoms with van der Waals surface area (Å²) in [6.45, 7) is 7.39. The third kappa shape index (κ3) is 4.74. The van der Waals surface area contributed by atoms with E-state index in [4.69, 9.17) is 21.1 Å². The topological polar surface area (TPSA) is 90.1 Å². The van der Waals surface area contributed by atoms with Crippen molar-refractivity contribution in [2.45, 2.75) is 26.3 Å². The lowest BCUT2D eigenvalue weighted by Gasteiger charge is -2.24. The third-order valence-corrected chi connectivity index (χ3v) is 7.00. The van der Waals surface area contributed by atoms with Crippen LogP contribution >= 0.6 is 22.9 Å². The van der Waals surface area contributed by atoms with Crippen molar-refractivity contribution < 1.29 is 19.4 Å². The molecule has 4 rings (SSSR count). The number of phenolic OH excluding ortho intramolecular Hbond substituents is 1. The maximum absolute atomic E-state index is 13.7. The Bertz CT molecular complexity index is 1550. The average Bonchev–Trinajstić information content (AvgIpc) is 3.15. The number of fused-ring (bicyclic) bond motifs is 1. The molecule has 0 saturated carbocycles. The summed E-state index contributed by atoms with van der Waals surface area (Å²) in [6.07, 6.45) is 3.84. The molecule has 2 aromatic carbocycles. The number of thiazole rings is 1. The Balaban J connectivity index is 1.94. The van der Waals surface area contributed by atoms with E-state index in [0.717, 1.165) is 0 Å². The highest BCUT2D eigenvalue weighted by Gasteiger charge is 2.33. The van der Waals surface area contributed by atoms with Gasteiger partial charge < -0.3 is 14.6 Å². The van der Waals surface area contributed by atoms with Gasteiger partial charge in [-0.25, -0.2) is 9.79 Å². The lowest BCUT2D eigenvalue weighted by Crippen LogP contribution is -2.39. The zero-order valence-corrected chi connectivity index (χ0v) is 21.7. The summed E-state index contributed by atoms with van der Waals surface area (Å²) in [5.74, 6) is -0.188. The number of nitrogens with zero attached hydrogens (tertiary/aromatic N) is 2. The highest BCUT2D eigenvalue weighted by molar-refractivity contribution is 7.07. The van der Waals surface area contributed by atoms with Gasteiger partial charge in [-0.1, -0.05) is 41.1 Å². The number of hydrogen-bond donors (Lipinski definition) is 1. The highest BCUT2D eigenvalue weighted by Crippen LogP contribution is 2.33. The van der Waals surface area contributed by atoms with Gasteiger partial charge in [0.1, 0.15) is 0 Å². The van der Waals surface area contributed by atoms with Crippen molar-refractivity contribution in [1.29, 1.82) is 0 Å². The van der Waals surface area contributed by atoms with Crippen molar-refractivity contribution in [3.8, 4) is 11.5 Å². The van der Waals surface area contributed by atoms with E-state index in [-0.39, 0.29) is 17.9 Å². The van der Waals surface area contributed by atoms with Crippen LogP contribution in [0.4, 0.5) is 0 Å². The molecule has 0 bridgehead atoms. The molecular formula is C27H25ClN2O5S. The van der Waals surface area contributed by atoms with Crippen LogP contribution in [-0.2, 0) is 16.0 Å². The molecule has 7 nitrogen and oxygen atoms in total. The second-order valence-corrected chi connectivity index (χ2v) is 9.52. The minimum absolute atomic E-state index is 0.0356. The molecule has 1 aromatic heterocycles. The van der Waals surface area contributed by atoms with Gasteiger partial charge in [-0.2, -0.15) is 0 Å². The Morgan fingerprint density at radius 2 is 2.03 bits per heavy atom. The van der Waals surface area contributed by atoms with Gasteiger partial charge in [-0.05, 0) is 61.7 Å². The van der Waals surface area contributed by atoms with Gasteiger partial charge in [0.15, 0.2) is 16.3 Å². The number of hydrogen-bond acceptors (Lipinski definition) is 7. The number of ether oxygens (including phenoxy) is 2. The van der Waals surface area contributed by atoms with E-state index in [1.807, 2.05) is 0 Å². The molecule has 2 heterocycles. The normalized spacial score (nSPS) is 15.3. The van der Waals surface area contributed by atoms with Gasteiger partial charge in [0.2, 0.25) is 0 Å². The Morgan fingerprint density at radius 1 is 1.31 bits per heavy atom. The fraction of sp³-hybridized carbons (Fsp3) is 0.222. The molecule has 9 heteroatoms. The summed E-state index contributed by atoms with van der Waals surface area (Å²) in [5, 5.41) is 11.0. The summed E-state index contributed by atoms with van der Waals surface area (Å²) < 4.78 is 12.6. The van der Waals surface area contributed by atoms with Crippen LogP contribution in [0.15, 0.2) is 70.1 Å². The van der Waals surface area contributed by atoms with Gasteiger partial charge in [-0.3, -0.25) is 9.36 Å². The van der Waals surface area contributed by atoms with E-state index in [1.165, 1.54) is 23.0 Å². The average molecular weight is 525 g/mol. The Morgan fingerprint density at radius 3 is 2.67 bits per heavy atom. The molecule has 36 heavy (non-hydrogen) atoms. The molecule has 1 atom stereocenters. The van der Waals surface area contributed by atoms with Crippen LogP contribution in [-0.4, -0.2) is 29.4 Å². The molecular weight excluding hydrogens is 500 g/mol. The molecule has 0 amide bonds. The molecule has 186 valence electrons. The van der Waals surface area contributed by atoms with E-state index in [2.05, 4.69) is 11.6 Å². The zero-order chi connectivity index (χ0) is 26.0. The standard InChI is InChI=1S/C27H25ClN2O5S/c1-5-7-18-12-16(13-20(34-4)24(18)31)14-21-25(32)30-23(17-8-10-19(28)11-9-17)22(26(33)35-6-2)15(3)29-27(30)36-21/h5,8-14,23,31H,1,6-7H2,2-4H3. The molecule has 0 spiro atoms. The minimum Gasteiger partial charge on any atom is -0.504 e. The largest absolute Gasteiger partial charge is 0.504 e. The summed E-state index contributed by atoms with van der Waals surface area (Å²) in [4.78, 5) is 31.7. The maximum Gasteiger partial charge on any atom is 0.338 e. The third-order valence-electron chi connectivity index (χ3n) is 5.76. The van der Waals surface area contributed by atoms with Crippen molar-refractivity contribution in [1.82, 2.24) is 4.57 Å².